The summed E-state index contributed by atoms with van der Waals surface area (Å²) in [6.45, 7) is 0. The summed E-state index contributed by atoms with van der Waals surface area (Å²) in [6, 6.07) is 6.94. The van der Waals surface area contributed by atoms with Crippen LogP contribution in [0.1, 0.15) is 0 Å². The lowest BCUT2D eigenvalue weighted by molar-refractivity contribution is 0.210. The van der Waals surface area contributed by atoms with E-state index in [9.17, 15) is 4.79 Å². The Kier molecular flexibility index (Phi) is 1.66. The molecule has 1 amide bonds. The van der Waals surface area contributed by atoms with E-state index < -0.39 is 6.09 Å². The van der Waals surface area contributed by atoms with Gasteiger partial charge in [-0.05, 0) is 18.2 Å². The summed E-state index contributed by atoms with van der Waals surface area (Å²) in [5, 5.41) is 11.6. The maximum Gasteiger partial charge on any atom is 0.409 e. The molecule has 1 heterocycles. The van der Waals surface area contributed by atoms with Gasteiger partial charge in [-0.15, -0.1) is 0 Å². The molecular weight excluding hydrogens is 170 g/mol. The molecule has 0 aliphatic carbocycles. The molecule has 4 nitrogen and oxygen atoms in total. The van der Waals surface area contributed by atoms with Gasteiger partial charge in [-0.1, -0.05) is 0 Å². The molecular formula is C9H7NO3. The molecule has 0 fully saturated rings. The first-order valence-electron chi connectivity index (χ1n) is 3.73. The largest absolute Gasteiger partial charge is 0.465 e. The molecule has 0 aliphatic rings. The molecule has 13 heavy (non-hydrogen) atoms. The van der Waals surface area contributed by atoms with E-state index in [0.717, 1.165) is 5.39 Å². The highest BCUT2D eigenvalue weighted by Gasteiger charge is 2.00. The lowest BCUT2D eigenvalue weighted by Gasteiger charge is -1.98. The number of hydrogen-bond donors (Lipinski definition) is 2. The van der Waals surface area contributed by atoms with Gasteiger partial charge in [0.15, 0.2) is 0 Å². The molecule has 0 radical (unpaired) electrons. The van der Waals surface area contributed by atoms with E-state index in [-0.39, 0.29) is 0 Å². The van der Waals surface area contributed by atoms with Crippen LogP contribution < -0.4 is 5.32 Å². The van der Waals surface area contributed by atoms with Crippen molar-refractivity contribution in [2.75, 3.05) is 5.32 Å². The van der Waals surface area contributed by atoms with Crippen LogP contribution >= 0.6 is 0 Å². The lowest BCUT2D eigenvalue weighted by atomic mass is 10.2. The molecule has 66 valence electrons. The molecule has 1 aromatic carbocycles. The van der Waals surface area contributed by atoms with Crippen molar-refractivity contribution in [2.45, 2.75) is 0 Å². The summed E-state index contributed by atoms with van der Waals surface area (Å²) in [5.74, 6) is 0. The van der Waals surface area contributed by atoms with Gasteiger partial charge in [-0.25, -0.2) is 4.79 Å². The minimum Gasteiger partial charge on any atom is -0.465 e. The molecule has 2 N–H and O–H groups in total. The first kappa shape index (κ1) is 7.67. The van der Waals surface area contributed by atoms with E-state index >= 15 is 0 Å². The monoisotopic (exact) mass is 177 g/mol. The molecule has 0 unspecified atom stereocenters. The van der Waals surface area contributed by atoms with Crippen molar-refractivity contribution < 1.29 is 14.3 Å². The highest BCUT2D eigenvalue weighted by atomic mass is 16.4. The molecule has 0 atom stereocenters. The van der Waals surface area contributed by atoms with Crippen molar-refractivity contribution in [1.29, 1.82) is 0 Å². The molecule has 0 spiro atoms. The maximum absolute atomic E-state index is 10.3. The van der Waals surface area contributed by atoms with Crippen molar-refractivity contribution in [3.05, 3.63) is 30.5 Å². The van der Waals surface area contributed by atoms with Crippen LogP contribution in [0, 0.1) is 0 Å². The second-order valence-corrected chi connectivity index (χ2v) is 2.60. The third kappa shape index (κ3) is 1.46. The Morgan fingerprint density at radius 1 is 1.38 bits per heavy atom. The number of rotatable bonds is 1. The van der Waals surface area contributed by atoms with Gasteiger partial charge in [0.05, 0.1) is 6.26 Å². The number of hydrogen-bond acceptors (Lipinski definition) is 2. The van der Waals surface area contributed by atoms with Crippen LogP contribution in [-0.2, 0) is 0 Å². The maximum atomic E-state index is 10.3. The number of anilines is 1. The number of benzene rings is 1. The van der Waals surface area contributed by atoms with Crippen molar-refractivity contribution >= 4 is 22.7 Å². The first-order chi connectivity index (χ1) is 6.25. The number of carboxylic acid groups (broad SMARTS) is 1. The van der Waals surface area contributed by atoms with Crippen LogP contribution in [-0.4, -0.2) is 11.2 Å². The molecule has 2 rings (SSSR count). The van der Waals surface area contributed by atoms with E-state index in [2.05, 4.69) is 5.32 Å². The average Bonchev–Trinajstić information content (AvgIpc) is 2.49. The average molecular weight is 177 g/mol. The molecule has 2 aromatic rings. The summed E-state index contributed by atoms with van der Waals surface area (Å²) < 4.78 is 5.11. The van der Waals surface area contributed by atoms with Gasteiger partial charge in [0, 0.05) is 17.1 Å². The lowest BCUT2D eigenvalue weighted by Crippen LogP contribution is -2.06. The standard InChI is InChI=1S/C9H7NO3/c11-9(12)10-7-2-1-6-3-4-13-8(6)5-7/h1-5,10H,(H,11,12). The second kappa shape index (κ2) is 2.82. The Labute approximate surface area is 73.8 Å². The number of carbonyl (C=O) groups is 1. The predicted molar refractivity (Wildman–Crippen MR) is 47.9 cm³/mol. The molecule has 0 saturated heterocycles. The van der Waals surface area contributed by atoms with Crippen LogP contribution in [0.4, 0.5) is 10.5 Å². The fraction of sp³-hybridized carbons (Fsp3) is 0. The first-order valence-corrected chi connectivity index (χ1v) is 3.73. The summed E-state index contributed by atoms with van der Waals surface area (Å²) in [4.78, 5) is 10.3. The van der Waals surface area contributed by atoms with Gasteiger partial charge in [0.2, 0.25) is 0 Å². The summed E-state index contributed by atoms with van der Waals surface area (Å²) >= 11 is 0. The fourth-order valence-corrected chi connectivity index (χ4v) is 1.16. The second-order valence-electron chi connectivity index (χ2n) is 2.60. The highest BCUT2D eigenvalue weighted by Crippen LogP contribution is 2.19. The Morgan fingerprint density at radius 2 is 2.23 bits per heavy atom. The van der Waals surface area contributed by atoms with Crippen molar-refractivity contribution in [3.8, 4) is 0 Å². The topological polar surface area (TPSA) is 62.5 Å². The molecule has 0 aliphatic heterocycles. The van der Waals surface area contributed by atoms with Crippen molar-refractivity contribution in [3.63, 3.8) is 0 Å². The van der Waals surface area contributed by atoms with Crippen LogP contribution in [0.25, 0.3) is 11.0 Å². The minimum absolute atomic E-state index is 0.509. The van der Waals surface area contributed by atoms with Crippen LogP contribution in [0.5, 0.6) is 0 Å². The highest BCUT2D eigenvalue weighted by molar-refractivity contribution is 5.88. The summed E-state index contributed by atoms with van der Waals surface area (Å²) in [7, 11) is 0. The van der Waals surface area contributed by atoms with Crippen LogP contribution in [0.15, 0.2) is 34.9 Å². The smallest absolute Gasteiger partial charge is 0.409 e. The zero-order valence-corrected chi connectivity index (χ0v) is 6.65. The molecule has 4 heteroatoms. The molecule has 0 saturated carbocycles. The molecule has 0 bridgehead atoms. The van der Waals surface area contributed by atoms with Crippen LogP contribution in [0.3, 0.4) is 0 Å². The van der Waals surface area contributed by atoms with Gasteiger partial charge in [-0.2, -0.15) is 0 Å². The normalized spacial score (nSPS) is 10.2. The summed E-state index contributed by atoms with van der Waals surface area (Å²) in [5.41, 5.74) is 1.18. The van der Waals surface area contributed by atoms with Gasteiger partial charge < -0.3 is 9.52 Å². The van der Waals surface area contributed by atoms with Crippen molar-refractivity contribution in [2.24, 2.45) is 0 Å². The Morgan fingerprint density at radius 3 is 3.00 bits per heavy atom. The fourth-order valence-electron chi connectivity index (χ4n) is 1.16. The van der Waals surface area contributed by atoms with Gasteiger partial charge in [-0.3, -0.25) is 5.32 Å². The van der Waals surface area contributed by atoms with Gasteiger partial charge in [0.1, 0.15) is 5.58 Å². The van der Waals surface area contributed by atoms with E-state index in [1.54, 1.807) is 24.5 Å². The Bertz CT molecular complexity index is 447. The van der Waals surface area contributed by atoms with Crippen molar-refractivity contribution in [1.82, 2.24) is 0 Å². The number of furan rings is 1. The SMILES string of the molecule is O=C(O)Nc1ccc2ccoc2c1. The van der Waals surface area contributed by atoms with E-state index in [1.807, 2.05) is 6.07 Å². The van der Waals surface area contributed by atoms with E-state index in [4.69, 9.17) is 9.52 Å². The molecule has 1 aromatic heterocycles. The summed E-state index contributed by atoms with van der Waals surface area (Å²) in [6.07, 6.45) is 0.487. The zero-order chi connectivity index (χ0) is 9.26. The zero-order valence-electron chi connectivity index (χ0n) is 6.65. The third-order valence-electron chi connectivity index (χ3n) is 1.71. The quantitative estimate of drug-likeness (QED) is 0.703. The number of nitrogens with one attached hydrogen (secondary N) is 1. The van der Waals surface area contributed by atoms with E-state index in [1.165, 1.54) is 0 Å². The van der Waals surface area contributed by atoms with Gasteiger partial charge in [0.25, 0.3) is 0 Å². The van der Waals surface area contributed by atoms with E-state index in [0.29, 0.717) is 11.3 Å². The Hall–Kier alpha value is -1.97. The Balaban J connectivity index is 2.42. The predicted octanol–water partition coefficient (Wildman–Crippen LogP) is 2.52. The third-order valence-corrected chi connectivity index (χ3v) is 1.71. The number of amides is 1. The van der Waals surface area contributed by atoms with Crippen LogP contribution in [0.2, 0.25) is 0 Å². The van der Waals surface area contributed by atoms with Gasteiger partial charge >= 0.3 is 6.09 Å². The minimum atomic E-state index is -1.08. The number of fused-ring (bicyclic) bond motifs is 1.